The molecule has 0 spiro atoms. The number of halogens is 3. The first-order chi connectivity index (χ1) is 15.7. The molecule has 0 saturated carbocycles. The molecule has 178 valence electrons. The van der Waals surface area contributed by atoms with Crippen molar-refractivity contribution in [2.75, 3.05) is 39.9 Å². The van der Waals surface area contributed by atoms with Gasteiger partial charge in [-0.15, -0.1) is 11.3 Å². The first-order valence-electron chi connectivity index (χ1n) is 9.66. The number of benzene rings is 1. The number of amides is 1. The highest BCUT2D eigenvalue weighted by Gasteiger charge is 2.32. The number of ether oxygens (including phenoxy) is 4. The zero-order valence-electron chi connectivity index (χ0n) is 18.3. The van der Waals surface area contributed by atoms with E-state index in [1.165, 1.54) is 21.3 Å². The Bertz CT molecular complexity index is 1150. The number of aromatic nitrogens is 2. The van der Waals surface area contributed by atoms with E-state index in [4.69, 9.17) is 18.9 Å². The number of aryl methyl sites for hydroxylation is 1. The zero-order valence-corrected chi connectivity index (χ0v) is 19.1. The van der Waals surface area contributed by atoms with Gasteiger partial charge in [0, 0.05) is 14.2 Å². The van der Waals surface area contributed by atoms with Crippen LogP contribution in [0.25, 0.3) is 10.2 Å². The lowest BCUT2D eigenvalue weighted by molar-refractivity contribution is -0.137. The average Bonchev–Trinajstić information content (AvgIpc) is 3.10. The number of thiophene rings is 1. The van der Waals surface area contributed by atoms with Crippen molar-refractivity contribution in [2.45, 2.75) is 19.7 Å². The van der Waals surface area contributed by atoms with Crippen LogP contribution in [-0.4, -0.2) is 50.4 Å². The van der Waals surface area contributed by atoms with Crippen LogP contribution in [0.2, 0.25) is 0 Å². The smallest absolute Gasteiger partial charge is 0.416 e. The Morgan fingerprint density at radius 1 is 1.12 bits per heavy atom. The second kappa shape index (κ2) is 10.3. The normalized spacial score (nSPS) is 11.6. The van der Waals surface area contributed by atoms with Crippen molar-refractivity contribution in [3.05, 3.63) is 40.0 Å². The van der Waals surface area contributed by atoms with Gasteiger partial charge in [-0.25, -0.2) is 4.98 Å². The fourth-order valence-electron chi connectivity index (χ4n) is 3.05. The van der Waals surface area contributed by atoms with E-state index in [-0.39, 0.29) is 42.0 Å². The molecule has 0 aliphatic carbocycles. The van der Waals surface area contributed by atoms with Crippen molar-refractivity contribution in [1.29, 1.82) is 0 Å². The summed E-state index contributed by atoms with van der Waals surface area (Å²) in [7, 11) is 4.42. The van der Waals surface area contributed by atoms with Crippen LogP contribution in [0.5, 0.6) is 11.6 Å². The SMILES string of the molecule is COCCOc1ccc(C(F)(F)F)cc1NC(=O)c1sc2nc(COC)nc(OC)c2c1C. The van der Waals surface area contributed by atoms with E-state index in [0.717, 1.165) is 29.5 Å². The molecule has 0 bridgehead atoms. The molecular weight excluding hydrogens is 463 g/mol. The third-order valence-electron chi connectivity index (χ3n) is 4.58. The molecule has 3 rings (SSSR count). The van der Waals surface area contributed by atoms with Gasteiger partial charge in [-0.2, -0.15) is 18.2 Å². The molecule has 0 aliphatic heterocycles. The highest BCUT2D eigenvalue weighted by molar-refractivity contribution is 7.20. The van der Waals surface area contributed by atoms with E-state index < -0.39 is 17.6 Å². The second-order valence-electron chi connectivity index (χ2n) is 6.82. The summed E-state index contributed by atoms with van der Waals surface area (Å²) in [4.78, 5) is 22.5. The van der Waals surface area contributed by atoms with Crippen LogP contribution < -0.4 is 14.8 Å². The molecule has 2 heterocycles. The standard InChI is InChI=1S/C21H22F3N3O5S/c1-11-16-19(31-4)26-15(10-30-3)27-20(16)33-17(11)18(28)25-13-9-12(21(22,23)24)5-6-14(13)32-8-7-29-2/h5-6,9H,7-8,10H2,1-4H3,(H,25,28). The van der Waals surface area contributed by atoms with E-state index in [2.05, 4.69) is 15.3 Å². The first kappa shape index (κ1) is 24.7. The Morgan fingerprint density at radius 2 is 1.88 bits per heavy atom. The maximum absolute atomic E-state index is 13.2. The van der Waals surface area contributed by atoms with E-state index in [9.17, 15) is 18.0 Å². The first-order valence-corrected chi connectivity index (χ1v) is 10.5. The van der Waals surface area contributed by atoms with Gasteiger partial charge in [0.15, 0.2) is 5.82 Å². The van der Waals surface area contributed by atoms with Gasteiger partial charge in [-0.1, -0.05) is 0 Å². The largest absolute Gasteiger partial charge is 0.489 e. The molecule has 1 aromatic carbocycles. The molecule has 0 radical (unpaired) electrons. The molecule has 3 aromatic rings. The average molecular weight is 485 g/mol. The fraction of sp³-hybridized carbons (Fsp3) is 0.381. The Kier molecular flexibility index (Phi) is 7.72. The molecule has 0 saturated heterocycles. The lowest BCUT2D eigenvalue weighted by Crippen LogP contribution is -2.15. The van der Waals surface area contributed by atoms with Gasteiger partial charge in [0.05, 0.1) is 35.2 Å². The van der Waals surface area contributed by atoms with Crippen molar-refractivity contribution in [3.8, 4) is 11.6 Å². The van der Waals surface area contributed by atoms with Crippen LogP contribution in [0, 0.1) is 6.92 Å². The van der Waals surface area contributed by atoms with E-state index in [1.54, 1.807) is 6.92 Å². The number of methoxy groups -OCH3 is 3. The third kappa shape index (κ3) is 5.52. The maximum atomic E-state index is 13.2. The van der Waals surface area contributed by atoms with Gasteiger partial charge in [0.2, 0.25) is 5.88 Å². The molecule has 33 heavy (non-hydrogen) atoms. The molecular formula is C21H22F3N3O5S. The fourth-order valence-corrected chi connectivity index (χ4v) is 4.13. The zero-order chi connectivity index (χ0) is 24.2. The van der Waals surface area contributed by atoms with Gasteiger partial charge in [0.1, 0.15) is 23.8 Å². The number of rotatable bonds is 9. The van der Waals surface area contributed by atoms with Crippen molar-refractivity contribution < 1.29 is 36.9 Å². The van der Waals surface area contributed by atoms with Crippen LogP contribution in [-0.2, 0) is 22.3 Å². The van der Waals surface area contributed by atoms with Crippen molar-refractivity contribution in [3.63, 3.8) is 0 Å². The van der Waals surface area contributed by atoms with E-state index in [1.807, 2.05) is 0 Å². The van der Waals surface area contributed by atoms with E-state index in [0.29, 0.717) is 21.6 Å². The molecule has 0 aliphatic rings. The van der Waals surface area contributed by atoms with Gasteiger partial charge in [-0.05, 0) is 30.7 Å². The van der Waals surface area contributed by atoms with Gasteiger partial charge in [-0.3, -0.25) is 4.79 Å². The molecule has 2 aromatic heterocycles. The number of nitrogens with zero attached hydrogens (tertiary/aromatic N) is 2. The summed E-state index contributed by atoms with van der Waals surface area (Å²) in [6.07, 6.45) is -4.58. The lowest BCUT2D eigenvalue weighted by atomic mass is 10.1. The summed E-state index contributed by atoms with van der Waals surface area (Å²) in [6.45, 7) is 2.17. The molecule has 1 amide bonds. The monoisotopic (exact) mass is 485 g/mol. The van der Waals surface area contributed by atoms with Gasteiger partial charge in [0.25, 0.3) is 5.91 Å². The quantitative estimate of drug-likeness (QED) is 0.448. The molecule has 0 atom stereocenters. The summed E-state index contributed by atoms with van der Waals surface area (Å²) >= 11 is 1.08. The topological polar surface area (TPSA) is 91.8 Å². The van der Waals surface area contributed by atoms with Gasteiger partial charge >= 0.3 is 6.18 Å². The number of hydrogen-bond donors (Lipinski definition) is 1. The van der Waals surface area contributed by atoms with Crippen molar-refractivity contribution in [1.82, 2.24) is 9.97 Å². The molecule has 1 N–H and O–H groups in total. The summed E-state index contributed by atoms with van der Waals surface area (Å²) in [5.74, 6) is 0.137. The molecule has 8 nitrogen and oxygen atoms in total. The third-order valence-corrected chi connectivity index (χ3v) is 5.76. The van der Waals surface area contributed by atoms with Crippen LogP contribution >= 0.6 is 11.3 Å². The minimum atomic E-state index is -4.58. The van der Waals surface area contributed by atoms with Crippen molar-refractivity contribution in [2.24, 2.45) is 0 Å². The van der Waals surface area contributed by atoms with Crippen LogP contribution in [0.1, 0.15) is 26.6 Å². The number of alkyl halides is 3. The number of nitrogens with one attached hydrogen (secondary N) is 1. The van der Waals surface area contributed by atoms with E-state index >= 15 is 0 Å². The number of anilines is 1. The summed E-state index contributed by atoms with van der Waals surface area (Å²) in [6, 6.07) is 2.89. The summed E-state index contributed by atoms with van der Waals surface area (Å²) in [5.41, 5.74) is -0.482. The highest BCUT2D eigenvalue weighted by Crippen LogP contribution is 2.38. The number of hydrogen-bond acceptors (Lipinski definition) is 8. The summed E-state index contributed by atoms with van der Waals surface area (Å²) < 4.78 is 60.5. The molecule has 12 heteroatoms. The minimum absolute atomic E-state index is 0.0897. The minimum Gasteiger partial charge on any atom is -0.489 e. The Balaban J connectivity index is 1.99. The summed E-state index contributed by atoms with van der Waals surface area (Å²) in [5, 5.41) is 3.09. The van der Waals surface area contributed by atoms with Crippen LogP contribution in [0.3, 0.4) is 0 Å². The Labute approximate surface area is 191 Å². The highest BCUT2D eigenvalue weighted by atomic mass is 32.1. The second-order valence-corrected chi connectivity index (χ2v) is 7.82. The molecule has 0 fully saturated rings. The van der Waals surface area contributed by atoms with Crippen molar-refractivity contribution >= 4 is 33.1 Å². The van der Waals surface area contributed by atoms with Gasteiger partial charge < -0.3 is 24.3 Å². The Morgan fingerprint density at radius 3 is 2.52 bits per heavy atom. The predicted molar refractivity (Wildman–Crippen MR) is 116 cm³/mol. The number of carbonyl (C=O) groups is 1. The number of fused-ring (bicyclic) bond motifs is 1. The van der Waals surface area contributed by atoms with Crippen LogP contribution in [0.4, 0.5) is 18.9 Å². The maximum Gasteiger partial charge on any atom is 0.416 e. The Hall–Kier alpha value is -2.96. The lowest BCUT2D eigenvalue weighted by Gasteiger charge is -2.15. The van der Waals surface area contributed by atoms with Crippen LogP contribution in [0.15, 0.2) is 18.2 Å². The molecule has 0 unspecified atom stereocenters. The predicted octanol–water partition coefficient (Wildman–Crippen LogP) is 4.45. The number of carbonyl (C=O) groups excluding carboxylic acids is 1.